The van der Waals surface area contributed by atoms with Gasteiger partial charge in [-0.1, -0.05) is 0 Å². The van der Waals surface area contributed by atoms with Gasteiger partial charge in [0.1, 0.15) is 11.9 Å². The lowest BCUT2D eigenvalue weighted by atomic mass is 9.83. The van der Waals surface area contributed by atoms with Crippen molar-refractivity contribution >= 4 is 13.6 Å². The van der Waals surface area contributed by atoms with E-state index >= 15 is 0 Å². The molecule has 0 saturated heterocycles. The molecule has 110 valence electrons. The molecule has 0 radical (unpaired) electrons. The van der Waals surface area contributed by atoms with Crippen molar-refractivity contribution in [2.75, 3.05) is 0 Å². The summed E-state index contributed by atoms with van der Waals surface area (Å²) in [7, 11) is -4.59. The van der Waals surface area contributed by atoms with Gasteiger partial charge in [-0.2, -0.15) is 5.26 Å². The zero-order valence-electron chi connectivity index (χ0n) is 10.8. The first-order chi connectivity index (χ1) is 9.88. The number of nitrogens with zero attached hydrogens (tertiary/aromatic N) is 1. The van der Waals surface area contributed by atoms with E-state index < -0.39 is 19.4 Å². The highest BCUT2D eigenvalue weighted by Crippen LogP contribution is 2.56. The smallest absolute Gasteiger partial charge is 0.370 e. The second-order valence-electron chi connectivity index (χ2n) is 5.13. The van der Waals surface area contributed by atoms with Crippen LogP contribution in [-0.2, 0) is 9.30 Å². The van der Waals surface area contributed by atoms with Crippen LogP contribution < -0.4 is 4.74 Å². The van der Waals surface area contributed by atoms with E-state index in [-0.39, 0.29) is 23.1 Å². The molecule has 1 saturated carbocycles. The number of ether oxygens (including phenoxy) is 2. The third-order valence-corrected chi connectivity index (χ3v) is 4.61. The van der Waals surface area contributed by atoms with Crippen LogP contribution in [0.4, 0.5) is 0 Å². The Bertz CT molecular complexity index is 684. The molecule has 3 rings (SSSR count). The minimum absolute atomic E-state index is 0.00260. The van der Waals surface area contributed by atoms with Crippen LogP contribution in [0.25, 0.3) is 0 Å². The monoisotopic (exact) mass is 309 g/mol. The predicted octanol–water partition coefficient (Wildman–Crippen LogP) is 1.71. The van der Waals surface area contributed by atoms with E-state index in [0.717, 1.165) is 0 Å². The molecule has 2 aliphatic rings. The van der Waals surface area contributed by atoms with Gasteiger partial charge < -0.3 is 19.3 Å². The maximum Gasteiger partial charge on any atom is 0.370 e. The molecule has 2 N–H and O–H groups in total. The highest BCUT2D eigenvalue weighted by atomic mass is 31.2. The van der Waals surface area contributed by atoms with Crippen LogP contribution in [0.5, 0.6) is 5.75 Å². The molecule has 1 aliphatic carbocycles. The topological polar surface area (TPSA) is 117 Å². The Morgan fingerprint density at radius 3 is 2.71 bits per heavy atom. The van der Waals surface area contributed by atoms with Gasteiger partial charge >= 0.3 is 13.6 Å². The van der Waals surface area contributed by atoms with Crippen LogP contribution in [0, 0.1) is 17.2 Å². The number of nitriles is 1. The van der Waals surface area contributed by atoms with E-state index in [2.05, 4.69) is 6.07 Å². The van der Waals surface area contributed by atoms with Crippen LogP contribution in [0.1, 0.15) is 34.6 Å². The Balaban J connectivity index is 1.82. The minimum Gasteiger partial charge on any atom is -0.490 e. The van der Waals surface area contributed by atoms with Crippen LogP contribution in [0.2, 0.25) is 0 Å². The zero-order valence-corrected chi connectivity index (χ0v) is 11.7. The Morgan fingerprint density at radius 1 is 1.38 bits per heavy atom. The fourth-order valence-corrected chi connectivity index (χ4v) is 3.25. The molecule has 1 aromatic carbocycles. The molecular weight excluding hydrogens is 297 g/mol. The Labute approximate surface area is 120 Å². The molecule has 1 unspecified atom stereocenters. The van der Waals surface area contributed by atoms with Crippen molar-refractivity contribution in [2.24, 2.45) is 5.92 Å². The molecule has 1 atom stereocenters. The first kappa shape index (κ1) is 14.1. The molecule has 8 heteroatoms. The van der Waals surface area contributed by atoms with E-state index in [1.807, 2.05) is 0 Å². The molecule has 7 nitrogen and oxygen atoms in total. The van der Waals surface area contributed by atoms with Crippen molar-refractivity contribution in [3.63, 3.8) is 0 Å². The van der Waals surface area contributed by atoms with Crippen molar-refractivity contribution in [3.8, 4) is 11.8 Å². The summed E-state index contributed by atoms with van der Waals surface area (Å²) >= 11 is 0. The third kappa shape index (κ3) is 2.54. The van der Waals surface area contributed by atoms with Crippen molar-refractivity contribution in [1.29, 1.82) is 5.26 Å². The van der Waals surface area contributed by atoms with Crippen LogP contribution in [-0.4, -0.2) is 21.9 Å². The average Bonchev–Trinajstić information content (AvgIpc) is 2.70. The molecule has 0 spiro atoms. The van der Waals surface area contributed by atoms with E-state index in [9.17, 15) is 19.1 Å². The van der Waals surface area contributed by atoms with Gasteiger partial charge in [0.25, 0.3) is 0 Å². The summed E-state index contributed by atoms with van der Waals surface area (Å²) in [6.45, 7) is 0. The zero-order chi connectivity index (χ0) is 15.2. The second-order valence-corrected chi connectivity index (χ2v) is 6.78. The molecule has 0 aromatic heterocycles. The van der Waals surface area contributed by atoms with Gasteiger partial charge in [-0.15, -0.1) is 0 Å². The maximum absolute atomic E-state index is 11.6. The van der Waals surface area contributed by atoms with Gasteiger partial charge in [0.15, 0.2) is 0 Å². The summed E-state index contributed by atoms with van der Waals surface area (Å²) in [4.78, 5) is 30.0. The highest BCUT2D eigenvalue weighted by molar-refractivity contribution is 7.52. The number of hydrogen-bond acceptors (Lipinski definition) is 5. The van der Waals surface area contributed by atoms with Gasteiger partial charge in [0.2, 0.25) is 5.85 Å². The Hall–Kier alpha value is -1.87. The second kappa shape index (κ2) is 4.85. The number of hydrogen-bond donors (Lipinski definition) is 2. The van der Waals surface area contributed by atoms with E-state index in [0.29, 0.717) is 18.6 Å². The highest BCUT2D eigenvalue weighted by Gasteiger charge is 2.43. The Morgan fingerprint density at radius 2 is 2.10 bits per heavy atom. The molecular formula is C13H12NO6P. The standard InChI is InChI=1S/C13H12NO6P/c14-6-7-3-9(4-7)19-8-1-2-10-11(5-8)13(20-12(10)15)21(16,17)18/h1-2,5,7,9,13H,3-4H2,(H2,16,17,18). The predicted molar refractivity (Wildman–Crippen MR) is 69.4 cm³/mol. The number of esters is 1. The van der Waals surface area contributed by atoms with Gasteiger partial charge in [0, 0.05) is 18.4 Å². The van der Waals surface area contributed by atoms with Gasteiger partial charge in [-0.05, 0) is 18.2 Å². The molecule has 21 heavy (non-hydrogen) atoms. The first-order valence-electron chi connectivity index (χ1n) is 6.35. The van der Waals surface area contributed by atoms with E-state index in [4.69, 9.17) is 14.7 Å². The minimum atomic E-state index is -4.59. The van der Waals surface area contributed by atoms with E-state index in [1.54, 1.807) is 6.07 Å². The van der Waals surface area contributed by atoms with Gasteiger partial charge in [0.05, 0.1) is 17.6 Å². The average molecular weight is 309 g/mol. The van der Waals surface area contributed by atoms with Gasteiger partial charge in [-0.3, -0.25) is 4.57 Å². The third-order valence-electron chi connectivity index (χ3n) is 3.61. The lowest BCUT2D eigenvalue weighted by Gasteiger charge is -2.31. The Kier molecular flexibility index (Phi) is 3.25. The molecule has 1 aliphatic heterocycles. The molecule has 0 amide bonds. The maximum atomic E-state index is 11.6. The molecule has 1 fully saturated rings. The lowest BCUT2D eigenvalue weighted by molar-refractivity contribution is 0.0470. The van der Waals surface area contributed by atoms with Crippen LogP contribution >= 0.6 is 7.60 Å². The SMILES string of the molecule is N#CC1CC(Oc2ccc3c(c2)C(P(=O)(O)O)OC3=O)C1. The fourth-order valence-electron chi connectivity index (χ4n) is 2.44. The summed E-state index contributed by atoms with van der Waals surface area (Å²) in [5, 5.41) is 8.70. The lowest BCUT2D eigenvalue weighted by Crippen LogP contribution is -2.32. The van der Waals surface area contributed by atoms with Crippen molar-refractivity contribution < 1.29 is 28.6 Å². The number of fused-ring (bicyclic) bond motifs is 1. The summed E-state index contributed by atoms with van der Waals surface area (Å²) < 4.78 is 21.7. The summed E-state index contributed by atoms with van der Waals surface area (Å²) in [6, 6.07) is 6.56. The molecule has 1 heterocycles. The van der Waals surface area contributed by atoms with Crippen molar-refractivity contribution in [3.05, 3.63) is 29.3 Å². The van der Waals surface area contributed by atoms with Crippen molar-refractivity contribution in [2.45, 2.75) is 24.8 Å². The fraction of sp³-hybridized carbons (Fsp3) is 0.385. The number of carbonyl (C=O) groups is 1. The first-order valence-corrected chi connectivity index (χ1v) is 8.03. The number of benzene rings is 1. The quantitative estimate of drug-likeness (QED) is 0.644. The summed E-state index contributed by atoms with van der Waals surface area (Å²) in [5.41, 5.74) is 0.279. The van der Waals surface area contributed by atoms with Crippen LogP contribution in [0.3, 0.4) is 0 Å². The summed E-state index contributed by atoms with van der Waals surface area (Å²) in [6.07, 6.45) is 1.18. The summed E-state index contributed by atoms with van der Waals surface area (Å²) in [5.74, 6) is -1.92. The largest absolute Gasteiger partial charge is 0.490 e. The normalized spacial score (nSPS) is 27.3. The van der Waals surface area contributed by atoms with Crippen LogP contribution in [0.15, 0.2) is 18.2 Å². The molecule has 0 bridgehead atoms. The van der Waals surface area contributed by atoms with E-state index in [1.165, 1.54) is 12.1 Å². The molecule has 1 aromatic rings. The number of carbonyl (C=O) groups excluding carboxylic acids is 1. The number of cyclic esters (lactones) is 1. The number of rotatable bonds is 3. The van der Waals surface area contributed by atoms with Crippen molar-refractivity contribution in [1.82, 2.24) is 0 Å². The van der Waals surface area contributed by atoms with Gasteiger partial charge in [-0.25, -0.2) is 4.79 Å².